The average Bonchev–Trinajstić information content (AvgIpc) is 2.78. The van der Waals surface area contributed by atoms with Gasteiger partial charge in [-0.1, -0.05) is 13.3 Å². The molecule has 0 N–H and O–H groups in total. The lowest BCUT2D eigenvalue weighted by molar-refractivity contribution is 0.395. The molecule has 1 aromatic heterocycles. The van der Waals surface area contributed by atoms with E-state index in [-0.39, 0.29) is 0 Å². The van der Waals surface area contributed by atoms with Crippen molar-refractivity contribution in [3.05, 3.63) is 11.1 Å². The van der Waals surface area contributed by atoms with E-state index in [1.165, 1.54) is 19.3 Å². The third kappa shape index (κ3) is 2.64. The van der Waals surface area contributed by atoms with Crippen LogP contribution in [0.3, 0.4) is 0 Å². The maximum Gasteiger partial charge on any atom is 0.185 e. The fourth-order valence-corrected chi connectivity index (χ4v) is 3.14. The highest BCUT2D eigenvalue weighted by atomic mass is 35.5. The number of anilines is 1. The summed E-state index contributed by atoms with van der Waals surface area (Å²) in [6.45, 7) is 4.61. The first-order valence-corrected chi connectivity index (χ1v) is 7.00. The molecule has 2 heterocycles. The van der Waals surface area contributed by atoms with Gasteiger partial charge in [0, 0.05) is 18.5 Å². The number of hydrogen-bond donors (Lipinski definition) is 0. The second kappa shape index (κ2) is 5.17. The van der Waals surface area contributed by atoms with Crippen molar-refractivity contribution >= 4 is 28.1 Å². The fourth-order valence-electron chi connectivity index (χ4n) is 2.04. The Labute approximate surface area is 100 Å². The molecule has 1 saturated heterocycles. The van der Waals surface area contributed by atoms with Crippen LogP contribution in [-0.2, 0) is 5.88 Å². The standard InChI is InChI=1S/C11H17ClN2S/c1-2-9-3-5-14(6-4-9)11-13-10(7-12)8-15-11/h8-9H,2-7H2,1H3. The molecule has 15 heavy (non-hydrogen) atoms. The summed E-state index contributed by atoms with van der Waals surface area (Å²) in [6, 6.07) is 0. The Bertz CT molecular complexity index is 305. The molecule has 2 nitrogen and oxygen atoms in total. The minimum atomic E-state index is 0.530. The van der Waals surface area contributed by atoms with Gasteiger partial charge in [0.1, 0.15) is 0 Å². The van der Waals surface area contributed by atoms with Crippen molar-refractivity contribution in [3.63, 3.8) is 0 Å². The molecule has 0 aromatic carbocycles. The van der Waals surface area contributed by atoms with E-state index in [0.29, 0.717) is 5.88 Å². The van der Waals surface area contributed by atoms with Crippen LogP contribution in [0.1, 0.15) is 31.9 Å². The molecule has 84 valence electrons. The zero-order chi connectivity index (χ0) is 10.7. The summed E-state index contributed by atoms with van der Waals surface area (Å²) in [7, 11) is 0. The number of alkyl halides is 1. The van der Waals surface area contributed by atoms with Gasteiger partial charge in [0.2, 0.25) is 0 Å². The number of nitrogens with zero attached hydrogens (tertiary/aromatic N) is 2. The van der Waals surface area contributed by atoms with Crippen LogP contribution in [0.15, 0.2) is 5.38 Å². The topological polar surface area (TPSA) is 16.1 Å². The van der Waals surface area contributed by atoms with Gasteiger partial charge < -0.3 is 4.90 Å². The van der Waals surface area contributed by atoms with Gasteiger partial charge in [-0.2, -0.15) is 0 Å². The van der Waals surface area contributed by atoms with E-state index in [2.05, 4.69) is 22.2 Å². The fraction of sp³-hybridized carbons (Fsp3) is 0.727. The zero-order valence-electron chi connectivity index (χ0n) is 9.08. The quantitative estimate of drug-likeness (QED) is 0.757. The molecule has 0 radical (unpaired) electrons. The predicted octanol–water partition coefficient (Wildman–Crippen LogP) is 3.51. The minimum Gasteiger partial charge on any atom is -0.348 e. The smallest absolute Gasteiger partial charge is 0.185 e. The lowest BCUT2D eigenvalue weighted by atomic mass is 9.95. The van der Waals surface area contributed by atoms with Crippen LogP contribution in [0.4, 0.5) is 5.13 Å². The Kier molecular flexibility index (Phi) is 3.87. The molecule has 4 heteroatoms. The lowest BCUT2D eigenvalue weighted by Gasteiger charge is -2.31. The Balaban J connectivity index is 1.95. The number of halogens is 1. The second-order valence-electron chi connectivity index (χ2n) is 4.09. The van der Waals surface area contributed by atoms with Crippen molar-refractivity contribution in [2.45, 2.75) is 32.1 Å². The van der Waals surface area contributed by atoms with Crippen LogP contribution in [-0.4, -0.2) is 18.1 Å². The maximum absolute atomic E-state index is 5.75. The number of aromatic nitrogens is 1. The zero-order valence-corrected chi connectivity index (χ0v) is 10.7. The molecule has 1 fully saturated rings. The number of thiazole rings is 1. The number of hydrogen-bond acceptors (Lipinski definition) is 3. The van der Waals surface area contributed by atoms with E-state index in [9.17, 15) is 0 Å². The highest BCUT2D eigenvalue weighted by Gasteiger charge is 2.19. The van der Waals surface area contributed by atoms with Gasteiger partial charge in [-0.25, -0.2) is 4.98 Å². The Hall–Kier alpha value is -0.280. The summed E-state index contributed by atoms with van der Waals surface area (Å²) in [5.41, 5.74) is 1.01. The summed E-state index contributed by atoms with van der Waals surface area (Å²) in [5.74, 6) is 1.45. The van der Waals surface area contributed by atoms with E-state index >= 15 is 0 Å². The molecule has 0 atom stereocenters. The molecule has 0 spiro atoms. The molecule has 2 rings (SSSR count). The first-order chi connectivity index (χ1) is 7.33. The molecule has 1 aliphatic heterocycles. The van der Waals surface area contributed by atoms with E-state index < -0.39 is 0 Å². The third-order valence-electron chi connectivity index (χ3n) is 3.14. The van der Waals surface area contributed by atoms with Gasteiger partial charge in [0.15, 0.2) is 5.13 Å². The molecular weight excluding hydrogens is 228 g/mol. The summed E-state index contributed by atoms with van der Waals surface area (Å²) < 4.78 is 0. The maximum atomic E-state index is 5.75. The Morgan fingerprint density at radius 1 is 1.53 bits per heavy atom. The van der Waals surface area contributed by atoms with Gasteiger partial charge in [-0.05, 0) is 18.8 Å². The van der Waals surface area contributed by atoms with E-state index in [1.807, 2.05) is 0 Å². The van der Waals surface area contributed by atoms with Gasteiger partial charge in [0.25, 0.3) is 0 Å². The first kappa shape index (κ1) is 11.2. The molecule has 0 unspecified atom stereocenters. The number of rotatable bonds is 3. The van der Waals surface area contributed by atoms with Crippen molar-refractivity contribution in [1.29, 1.82) is 0 Å². The van der Waals surface area contributed by atoms with Crippen molar-refractivity contribution in [2.75, 3.05) is 18.0 Å². The largest absolute Gasteiger partial charge is 0.348 e. The van der Waals surface area contributed by atoms with Crippen molar-refractivity contribution in [3.8, 4) is 0 Å². The van der Waals surface area contributed by atoms with Crippen LogP contribution < -0.4 is 4.90 Å². The predicted molar refractivity (Wildman–Crippen MR) is 66.9 cm³/mol. The van der Waals surface area contributed by atoms with E-state index in [0.717, 1.165) is 29.8 Å². The second-order valence-corrected chi connectivity index (χ2v) is 5.20. The van der Waals surface area contributed by atoms with Crippen LogP contribution in [0, 0.1) is 5.92 Å². The average molecular weight is 245 g/mol. The highest BCUT2D eigenvalue weighted by molar-refractivity contribution is 7.13. The molecule has 0 aliphatic carbocycles. The monoisotopic (exact) mass is 244 g/mol. The normalized spacial score (nSPS) is 18.4. The van der Waals surface area contributed by atoms with E-state index in [1.54, 1.807) is 11.3 Å². The molecule has 1 aromatic rings. The third-order valence-corrected chi connectivity index (χ3v) is 4.36. The Morgan fingerprint density at radius 3 is 2.80 bits per heavy atom. The minimum absolute atomic E-state index is 0.530. The lowest BCUT2D eigenvalue weighted by Crippen LogP contribution is -2.33. The summed E-state index contributed by atoms with van der Waals surface area (Å²) >= 11 is 7.47. The molecular formula is C11H17ClN2S. The SMILES string of the molecule is CCC1CCN(c2nc(CCl)cs2)CC1. The van der Waals surface area contributed by atoms with Crippen molar-refractivity contribution in [1.82, 2.24) is 4.98 Å². The van der Waals surface area contributed by atoms with Gasteiger partial charge in [0.05, 0.1) is 11.6 Å². The summed E-state index contributed by atoms with van der Waals surface area (Å²) in [5, 5.41) is 3.22. The van der Waals surface area contributed by atoms with Crippen LogP contribution in [0.25, 0.3) is 0 Å². The molecule has 0 amide bonds. The first-order valence-electron chi connectivity index (χ1n) is 5.58. The molecule has 0 bridgehead atoms. The highest BCUT2D eigenvalue weighted by Crippen LogP contribution is 2.27. The van der Waals surface area contributed by atoms with Crippen molar-refractivity contribution < 1.29 is 0 Å². The van der Waals surface area contributed by atoms with Crippen LogP contribution in [0.5, 0.6) is 0 Å². The van der Waals surface area contributed by atoms with Gasteiger partial charge in [-0.3, -0.25) is 0 Å². The van der Waals surface area contributed by atoms with Crippen molar-refractivity contribution in [2.24, 2.45) is 5.92 Å². The van der Waals surface area contributed by atoms with Crippen LogP contribution in [0.2, 0.25) is 0 Å². The van der Waals surface area contributed by atoms with Crippen LogP contribution >= 0.6 is 22.9 Å². The summed E-state index contributed by atoms with van der Waals surface area (Å²) in [6.07, 6.45) is 3.94. The van der Waals surface area contributed by atoms with Gasteiger partial charge >= 0.3 is 0 Å². The molecule has 0 saturated carbocycles. The summed E-state index contributed by atoms with van der Waals surface area (Å²) in [4.78, 5) is 6.91. The Morgan fingerprint density at radius 2 is 2.27 bits per heavy atom. The molecule has 1 aliphatic rings. The van der Waals surface area contributed by atoms with Gasteiger partial charge in [-0.15, -0.1) is 22.9 Å². The number of piperidine rings is 1. The van der Waals surface area contributed by atoms with E-state index in [4.69, 9.17) is 11.6 Å².